The molecular formula is C27H24N2O8S2. The lowest BCUT2D eigenvalue weighted by atomic mass is 10.1. The summed E-state index contributed by atoms with van der Waals surface area (Å²) in [5.41, 5.74) is 2.53. The topological polar surface area (TPSA) is 133 Å². The molecule has 1 aliphatic heterocycles. The van der Waals surface area contributed by atoms with Crippen molar-refractivity contribution in [2.75, 3.05) is 13.2 Å². The third kappa shape index (κ3) is 6.47. The van der Waals surface area contributed by atoms with Gasteiger partial charge in [0.15, 0.2) is 0 Å². The van der Waals surface area contributed by atoms with Gasteiger partial charge in [0.25, 0.3) is 16.8 Å². The zero-order valence-electron chi connectivity index (χ0n) is 21.2. The minimum absolute atomic E-state index is 0.0212. The molecule has 0 radical (unpaired) electrons. The molecule has 3 aromatic rings. The minimum Gasteiger partial charge on any atom is -0.491 e. The van der Waals surface area contributed by atoms with Crippen LogP contribution < -0.4 is 8.92 Å². The first-order chi connectivity index (χ1) is 18.4. The van der Waals surface area contributed by atoms with Crippen LogP contribution >= 0.6 is 11.8 Å². The Morgan fingerprint density at radius 3 is 2.36 bits per heavy atom. The number of rotatable bonds is 9. The maximum absolute atomic E-state index is 12.8. The summed E-state index contributed by atoms with van der Waals surface area (Å²) in [5.74, 6) is 0.230. The molecule has 0 N–H and O–H groups in total. The number of carbonyl (C=O) groups excluding carboxylic acids is 2. The van der Waals surface area contributed by atoms with Gasteiger partial charge < -0.3 is 8.92 Å². The maximum Gasteiger partial charge on any atom is 0.339 e. The number of ether oxygens (including phenoxy) is 1. The van der Waals surface area contributed by atoms with Crippen molar-refractivity contribution >= 4 is 44.8 Å². The van der Waals surface area contributed by atoms with Gasteiger partial charge >= 0.3 is 10.1 Å². The number of nitro groups is 1. The van der Waals surface area contributed by atoms with Gasteiger partial charge in [-0.15, -0.1) is 0 Å². The molecule has 1 heterocycles. The Kier molecular flexibility index (Phi) is 8.07. The van der Waals surface area contributed by atoms with Gasteiger partial charge in [-0.25, -0.2) is 0 Å². The summed E-state index contributed by atoms with van der Waals surface area (Å²) in [4.78, 5) is 36.7. The molecule has 0 unspecified atom stereocenters. The molecule has 12 heteroatoms. The van der Waals surface area contributed by atoms with Gasteiger partial charge in [0.2, 0.25) is 0 Å². The lowest BCUT2D eigenvalue weighted by Crippen LogP contribution is -2.32. The van der Waals surface area contributed by atoms with Crippen molar-refractivity contribution in [3.05, 3.63) is 97.9 Å². The van der Waals surface area contributed by atoms with Gasteiger partial charge in [0.1, 0.15) is 23.0 Å². The van der Waals surface area contributed by atoms with Gasteiger partial charge in [-0.05, 0) is 79.6 Å². The molecule has 0 saturated carbocycles. The average Bonchev–Trinajstić information content (AvgIpc) is 3.14. The molecule has 202 valence electrons. The van der Waals surface area contributed by atoms with E-state index >= 15 is 0 Å². The Balaban J connectivity index is 1.40. The molecule has 0 aromatic heterocycles. The Bertz CT molecular complexity index is 1600. The van der Waals surface area contributed by atoms with Crippen LogP contribution in [0.15, 0.2) is 70.5 Å². The number of thioether (sulfide) groups is 1. The highest BCUT2D eigenvalue weighted by atomic mass is 32.2. The van der Waals surface area contributed by atoms with E-state index < -0.39 is 26.2 Å². The molecule has 0 aliphatic carbocycles. The standard InChI is InChI=1S/C27H24N2O8S2/c1-17-4-5-19(3)24(14-17)36-13-12-28-26(30)25(38-27(28)31)15-20-7-9-21(10-8-20)37-39(34,35)22-11-6-18(2)23(16-22)29(32)33/h4-11,14-16H,12-13H2,1-3H3/b25-15-. The van der Waals surface area contributed by atoms with Crippen molar-refractivity contribution < 1.29 is 31.9 Å². The summed E-state index contributed by atoms with van der Waals surface area (Å²) in [6.07, 6.45) is 1.53. The molecule has 0 atom stereocenters. The van der Waals surface area contributed by atoms with E-state index in [-0.39, 0.29) is 34.4 Å². The summed E-state index contributed by atoms with van der Waals surface area (Å²) < 4.78 is 36.1. The Labute approximate surface area is 229 Å². The summed E-state index contributed by atoms with van der Waals surface area (Å²) in [5, 5.41) is 10.7. The van der Waals surface area contributed by atoms with Crippen molar-refractivity contribution in [1.29, 1.82) is 0 Å². The van der Waals surface area contributed by atoms with Gasteiger partial charge in [-0.3, -0.25) is 24.6 Å². The van der Waals surface area contributed by atoms with Crippen LogP contribution in [0.2, 0.25) is 0 Å². The number of hydrogen-bond acceptors (Lipinski definition) is 9. The molecule has 1 saturated heterocycles. The van der Waals surface area contributed by atoms with E-state index in [1.807, 2.05) is 32.0 Å². The zero-order chi connectivity index (χ0) is 28.3. The quantitative estimate of drug-likeness (QED) is 0.144. The lowest BCUT2D eigenvalue weighted by Gasteiger charge is -2.14. The van der Waals surface area contributed by atoms with E-state index in [0.717, 1.165) is 33.9 Å². The highest BCUT2D eigenvalue weighted by molar-refractivity contribution is 8.18. The van der Waals surface area contributed by atoms with Crippen molar-refractivity contribution in [2.45, 2.75) is 25.7 Å². The van der Waals surface area contributed by atoms with E-state index in [2.05, 4.69) is 0 Å². The number of aryl methyl sites for hydroxylation is 3. The summed E-state index contributed by atoms with van der Waals surface area (Å²) in [6.45, 7) is 5.61. The molecule has 1 aliphatic rings. The van der Waals surface area contributed by atoms with Crippen LogP contribution in [0.25, 0.3) is 6.08 Å². The van der Waals surface area contributed by atoms with E-state index in [9.17, 15) is 28.1 Å². The second kappa shape index (κ2) is 11.3. The summed E-state index contributed by atoms with van der Waals surface area (Å²) in [7, 11) is -4.32. The summed E-state index contributed by atoms with van der Waals surface area (Å²) >= 11 is 0.806. The Morgan fingerprint density at radius 2 is 1.67 bits per heavy atom. The fourth-order valence-corrected chi connectivity index (χ4v) is 5.51. The fourth-order valence-electron chi connectivity index (χ4n) is 3.69. The smallest absolute Gasteiger partial charge is 0.339 e. The predicted molar refractivity (Wildman–Crippen MR) is 146 cm³/mol. The molecule has 0 spiro atoms. The van der Waals surface area contributed by atoms with Crippen LogP contribution in [0.1, 0.15) is 22.3 Å². The third-order valence-electron chi connectivity index (χ3n) is 5.84. The molecule has 1 fully saturated rings. The number of nitrogens with zero attached hydrogens (tertiary/aromatic N) is 2. The van der Waals surface area contributed by atoms with Crippen LogP contribution in [-0.4, -0.2) is 42.5 Å². The van der Waals surface area contributed by atoms with E-state index in [1.165, 1.54) is 49.4 Å². The highest BCUT2D eigenvalue weighted by Gasteiger charge is 2.34. The summed E-state index contributed by atoms with van der Waals surface area (Å²) in [6, 6.07) is 15.1. The first-order valence-corrected chi connectivity index (χ1v) is 13.9. The van der Waals surface area contributed by atoms with E-state index in [4.69, 9.17) is 8.92 Å². The van der Waals surface area contributed by atoms with Gasteiger partial charge in [0, 0.05) is 11.6 Å². The minimum atomic E-state index is -4.32. The van der Waals surface area contributed by atoms with Crippen LogP contribution in [-0.2, 0) is 14.9 Å². The number of carbonyl (C=O) groups is 2. The largest absolute Gasteiger partial charge is 0.491 e. The molecule has 3 aromatic carbocycles. The number of amides is 2. The van der Waals surface area contributed by atoms with E-state index in [0.29, 0.717) is 16.9 Å². The highest BCUT2D eigenvalue weighted by Crippen LogP contribution is 2.33. The molecule has 10 nitrogen and oxygen atoms in total. The number of imide groups is 1. The zero-order valence-corrected chi connectivity index (χ0v) is 22.9. The predicted octanol–water partition coefficient (Wildman–Crippen LogP) is 5.40. The van der Waals surface area contributed by atoms with Crippen molar-refractivity contribution in [3.8, 4) is 11.5 Å². The lowest BCUT2D eigenvalue weighted by molar-refractivity contribution is -0.385. The van der Waals surface area contributed by atoms with Gasteiger partial charge in [0.05, 0.1) is 16.4 Å². The normalized spacial score (nSPS) is 14.6. The van der Waals surface area contributed by atoms with Crippen LogP contribution in [0, 0.1) is 30.9 Å². The maximum atomic E-state index is 12.8. The Morgan fingerprint density at radius 1 is 0.974 bits per heavy atom. The SMILES string of the molecule is Cc1ccc(C)c(OCCN2C(=O)S/C(=C\c3ccc(OS(=O)(=O)c4ccc(C)c([N+](=O)[O-])c4)cc3)C2=O)c1. The third-order valence-corrected chi connectivity index (χ3v) is 7.99. The van der Waals surface area contributed by atoms with Gasteiger partial charge in [-0.2, -0.15) is 8.42 Å². The van der Waals surface area contributed by atoms with Crippen LogP contribution in [0.4, 0.5) is 10.5 Å². The number of hydrogen-bond donors (Lipinski definition) is 0. The number of benzene rings is 3. The number of nitro benzene ring substituents is 1. The monoisotopic (exact) mass is 568 g/mol. The van der Waals surface area contributed by atoms with Crippen molar-refractivity contribution in [1.82, 2.24) is 4.90 Å². The van der Waals surface area contributed by atoms with Crippen LogP contribution in [0.3, 0.4) is 0 Å². The molecule has 0 bridgehead atoms. The molecule has 39 heavy (non-hydrogen) atoms. The van der Waals surface area contributed by atoms with Crippen molar-refractivity contribution in [2.24, 2.45) is 0 Å². The Hall–Kier alpha value is -4.16. The molecule has 2 amide bonds. The molecule has 4 rings (SSSR count). The first kappa shape index (κ1) is 27.9. The second-order valence-corrected chi connectivity index (χ2v) is 11.3. The first-order valence-electron chi connectivity index (χ1n) is 11.7. The van der Waals surface area contributed by atoms with Gasteiger partial charge in [-0.1, -0.05) is 30.3 Å². The fraction of sp³-hybridized carbons (Fsp3) is 0.185. The van der Waals surface area contributed by atoms with Crippen molar-refractivity contribution in [3.63, 3.8) is 0 Å². The van der Waals surface area contributed by atoms with Crippen LogP contribution in [0.5, 0.6) is 11.5 Å². The van der Waals surface area contributed by atoms with E-state index in [1.54, 1.807) is 0 Å². The average molecular weight is 569 g/mol. The second-order valence-electron chi connectivity index (χ2n) is 8.76. The molecular weight excluding hydrogens is 544 g/mol.